The van der Waals surface area contributed by atoms with Gasteiger partial charge in [-0.15, -0.1) is 0 Å². The van der Waals surface area contributed by atoms with E-state index < -0.39 is 0 Å². The van der Waals surface area contributed by atoms with Gasteiger partial charge >= 0.3 is 5.97 Å². The van der Waals surface area contributed by atoms with Crippen LogP contribution in [0, 0.1) is 5.92 Å². The molecule has 0 spiro atoms. The smallest absolute Gasteiger partial charge is 0.310 e. The second kappa shape index (κ2) is 3.87. The van der Waals surface area contributed by atoms with Gasteiger partial charge in [-0.2, -0.15) is 0 Å². The number of nitrogens with two attached hydrogens (primary N) is 1. The first-order chi connectivity index (χ1) is 5.63. The first-order valence-corrected chi connectivity index (χ1v) is 4.15. The van der Waals surface area contributed by atoms with Crippen LogP contribution in [0.1, 0.15) is 6.42 Å². The van der Waals surface area contributed by atoms with Gasteiger partial charge < -0.3 is 15.4 Å². The van der Waals surface area contributed by atoms with Gasteiger partial charge in [0.15, 0.2) is 0 Å². The lowest BCUT2D eigenvalue weighted by atomic mass is 9.95. The molecule has 0 amide bonds. The number of likely N-dealkylation sites (tertiary alicyclic amines) is 1. The molecular weight excluding hydrogens is 156 g/mol. The maximum absolute atomic E-state index is 11.2. The Bertz CT molecular complexity index is 162. The van der Waals surface area contributed by atoms with E-state index in [-0.39, 0.29) is 17.9 Å². The SMILES string of the molecule is COC(=O)C1CC(N)CN(C)C1. The molecule has 0 aromatic heterocycles. The fourth-order valence-corrected chi connectivity index (χ4v) is 1.70. The Morgan fingerprint density at radius 2 is 2.25 bits per heavy atom. The predicted molar refractivity (Wildman–Crippen MR) is 45.6 cm³/mol. The highest BCUT2D eigenvalue weighted by atomic mass is 16.5. The Morgan fingerprint density at radius 3 is 2.75 bits per heavy atom. The number of rotatable bonds is 1. The second-order valence-corrected chi connectivity index (χ2v) is 3.44. The van der Waals surface area contributed by atoms with Gasteiger partial charge in [-0.1, -0.05) is 0 Å². The molecular formula is C8H16N2O2. The zero-order valence-electron chi connectivity index (χ0n) is 7.62. The molecule has 4 nitrogen and oxygen atoms in total. The molecule has 0 radical (unpaired) electrons. The minimum absolute atomic E-state index is 0.0382. The lowest BCUT2D eigenvalue weighted by Gasteiger charge is -2.32. The summed E-state index contributed by atoms with van der Waals surface area (Å²) < 4.78 is 4.67. The van der Waals surface area contributed by atoms with Crippen LogP contribution in [0.5, 0.6) is 0 Å². The molecule has 1 aliphatic rings. The highest BCUT2D eigenvalue weighted by Gasteiger charge is 2.28. The number of piperidine rings is 1. The molecule has 4 heteroatoms. The van der Waals surface area contributed by atoms with Crippen molar-refractivity contribution in [2.24, 2.45) is 11.7 Å². The third-order valence-corrected chi connectivity index (χ3v) is 2.20. The number of methoxy groups -OCH3 is 1. The van der Waals surface area contributed by atoms with Crippen molar-refractivity contribution in [1.82, 2.24) is 4.90 Å². The monoisotopic (exact) mass is 172 g/mol. The van der Waals surface area contributed by atoms with E-state index in [1.54, 1.807) is 0 Å². The van der Waals surface area contributed by atoms with Crippen LogP contribution in [-0.4, -0.2) is 44.2 Å². The quantitative estimate of drug-likeness (QED) is 0.539. The van der Waals surface area contributed by atoms with Gasteiger partial charge in [0.05, 0.1) is 13.0 Å². The van der Waals surface area contributed by atoms with Crippen molar-refractivity contribution in [1.29, 1.82) is 0 Å². The molecule has 1 aliphatic heterocycles. The third-order valence-electron chi connectivity index (χ3n) is 2.20. The summed E-state index contributed by atoms with van der Waals surface area (Å²) in [5.74, 6) is -0.180. The Balaban J connectivity index is 2.49. The van der Waals surface area contributed by atoms with E-state index in [1.165, 1.54) is 7.11 Å². The Kier molecular flexibility index (Phi) is 3.05. The van der Waals surface area contributed by atoms with Crippen molar-refractivity contribution < 1.29 is 9.53 Å². The lowest BCUT2D eigenvalue weighted by molar-refractivity contribution is -0.147. The molecule has 0 aliphatic carbocycles. The van der Waals surface area contributed by atoms with Crippen LogP contribution in [-0.2, 0) is 9.53 Å². The summed E-state index contributed by atoms with van der Waals surface area (Å²) >= 11 is 0. The van der Waals surface area contributed by atoms with Crippen molar-refractivity contribution in [3.8, 4) is 0 Å². The number of nitrogens with zero attached hydrogens (tertiary/aromatic N) is 1. The van der Waals surface area contributed by atoms with E-state index >= 15 is 0 Å². The van der Waals surface area contributed by atoms with Crippen LogP contribution in [0.15, 0.2) is 0 Å². The normalized spacial score (nSPS) is 31.6. The summed E-state index contributed by atoms with van der Waals surface area (Å²) in [6.07, 6.45) is 0.747. The van der Waals surface area contributed by atoms with Crippen molar-refractivity contribution >= 4 is 5.97 Å². The molecule has 1 heterocycles. The summed E-state index contributed by atoms with van der Waals surface area (Å²) in [5, 5.41) is 0. The molecule has 70 valence electrons. The van der Waals surface area contributed by atoms with E-state index in [4.69, 9.17) is 5.73 Å². The molecule has 1 fully saturated rings. The van der Waals surface area contributed by atoms with Gasteiger partial charge in [0.25, 0.3) is 0 Å². The third kappa shape index (κ3) is 2.19. The van der Waals surface area contributed by atoms with Crippen molar-refractivity contribution in [2.75, 3.05) is 27.2 Å². The van der Waals surface area contributed by atoms with E-state index in [9.17, 15) is 4.79 Å². The molecule has 12 heavy (non-hydrogen) atoms. The van der Waals surface area contributed by atoms with Crippen LogP contribution in [0.25, 0.3) is 0 Å². The largest absolute Gasteiger partial charge is 0.469 e. The van der Waals surface area contributed by atoms with E-state index in [2.05, 4.69) is 9.64 Å². The number of esters is 1. The summed E-state index contributed by atoms with van der Waals surface area (Å²) in [6.45, 7) is 1.63. The average Bonchev–Trinajstić information content (AvgIpc) is 2.01. The van der Waals surface area contributed by atoms with E-state index in [0.29, 0.717) is 0 Å². The summed E-state index contributed by atoms with van der Waals surface area (Å²) in [4.78, 5) is 13.2. The Labute approximate surface area is 72.7 Å². The molecule has 0 aromatic carbocycles. The van der Waals surface area contributed by atoms with Crippen LogP contribution in [0.4, 0.5) is 0 Å². The molecule has 1 saturated heterocycles. The number of hydrogen-bond donors (Lipinski definition) is 1. The Hall–Kier alpha value is -0.610. The molecule has 0 saturated carbocycles. The van der Waals surface area contributed by atoms with Gasteiger partial charge in [-0.25, -0.2) is 0 Å². The van der Waals surface area contributed by atoms with Crippen molar-refractivity contribution in [3.05, 3.63) is 0 Å². The minimum Gasteiger partial charge on any atom is -0.469 e. The molecule has 2 N–H and O–H groups in total. The van der Waals surface area contributed by atoms with E-state index in [1.807, 2.05) is 7.05 Å². The number of carbonyl (C=O) groups excluding carboxylic acids is 1. The van der Waals surface area contributed by atoms with Gasteiger partial charge in [0, 0.05) is 19.1 Å². The van der Waals surface area contributed by atoms with Gasteiger partial charge in [-0.3, -0.25) is 4.79 Å². The maximum Gasteiger partial charge on any atom is 0.310 e. The predicted octanol–water partition coefficient (Wildman–Crippen LogP) is -0.562. The first kappa shape index (κ1) is 9.48. The molecule has 0 aromatic rings. The summed E-state index contributed by atoms with van der Waals surface area (Å²) in [5.41, 5.74) is 5.76. The zero-order valence-corrected chi connectivity index (χ0v) is 7.62. The van der Waals surface area contributed by atoms with Crippen LogP contribution < -0.4 is 5.73 Å². The fraction of sp³-hybridized carbons (Fsp3) is 0.875. The summed E-state index contributed by atoms with van der Waals surface area (Å²) in [7, 11) is 3.39. The standard InChI is InChI=1S/C8H16N2O2/c1-10-4-6(8(11)12-2)3-7(9)5-10/h6-7H,3-5,9H2,1-2H3. The van der Waals surface area contributed by atoms with Crippen LogP contribution >= 0.6 is 0 Å². The molecule has 0 bridgehead atoms. The first-order valence-electron chi connectivity index (χ1n) is 4.15. The number of ether oxygens (including phenoxy) is 1. The number of hydrogen-bond acceptors (Lipinski definition) is 4. The lowest BCUT2D eigenvalue weighted by Crippen LogP contribution is -2.47. The Morgan fingerprint density at radius 1 is 1.58 bits per heavy atom. The highest BCUT2D eigenvalue weighted by Crippen LogP contribution is 2.15. The number of likely N-dealkylation sites (N-methyl/N-ethyl adjacent to an activating group) is 1. The van der Waals surface area contributed by atoms with Gasteiger partial charge in [0.2, 0.25) is 0 Å². The second-order valence-electron chi connectivity index (χ2n) is 3.44. The average molecular weight is 172 g/mol. The van der Waals surface area contributed by atoms with Crippen molar-refractivity contribution in [2.45, 2.75) is 12.5 Å². The van der Waals surface area contributed by atoms with Crippen molar-refractivity contribution in [3.63, 3.8) is 0 Å². The molecule has 1 rings (SSSR count). The van der Waals surface area contributed by atoms with E-state index in [0.717, 1.165) is 19.5 Å². The van der Waals surface area contributed by atoms with Crippen LogP contribution in [0.3, 0.4) is 0 Å². The molecule has 2 unspecified atom stereocenters. The maximum atomic E-state index is 11.2. The number of carbonyl (C=O) groups is 1. The highest BCUT2D eigenvalue weighted by molar-refractivity contribution is 5.72. The van der Waals surface area contributed by atoms with Gasteiger partial charge in [0.1, 0.15) is 0 Å². The van der Waals surface area contributed by atoms with Crippen LogP contribution in [0.2, 0.25) is 0 Å². The topological polar surface area (TPSA) is 55.6 Å². The minimum atomic E-state index is -0.142. The van der Waals surface area contributed by atoms with Gasteiger partial charge in [-0.05, 0) is 13.5 Å². The summed E-state index contributed by atoms with van der Waals surface area (Å²) in [6, 6.07) is 0.104. The fourth-order valence-electron chi connectivity index (χ4n) is 1.70. The molecule has 2 atom stereocenters. The zero-order chi connectivity index (χ0) is 9.14.